The van der Waals surface area contributed by atoms with Gasteiger partial charge in [-0.15, -0.1) is 0 Å². The van der Waals surface area contributed by atoms with Crippen LogP contribution in [-0.2, 0) is 0 Å². The number of fused-ring (bicyclic) bond motifs is 1. The van der Waals surface area contributed by atoms with Crippen LogP contribution in [0.1, 0.15) is 28.4 Å². The van der Waals surface area contributed by atoms with Gasteiger partial charge in [-0.3, -0.25) is 4.79 Å². The van der Waals surface area contributed by atoms with Crippen LogP contribution in [0.25, 0.3) is 0 Å². The maximum Gasteiger partial charge on any atom is 0.194 e. The zero-order chi connectivity index (χ0) is 15.1. The van der Waals surface area contributed by atoms with Crippen LogP contribution < -0.4 is 4.74 Å². The molecule has 0 spiro atoms. The Kier molecular flexibility index (Phi) is 3.16. The van der Waals surface area contributed by atoms with Crippen LogP contribution in [0.4, 0.5) is 17.6 Å². The number of hydrogen-bond acceptors (Lipinski definition) is 2. The summed E-state index contributed by atoms with van der Waals surface area (Å²) >= 11 is 0. The number of rotatable bonds is 1. The zero-order valence-electron chi connectivity index (χ0n) is 10.5. The summed E-state index contributed by atoms with van der Waals surface area (Å²) < 4.78 is 58.0. The van der Waals surface area contributed by atoms with Crippen LogP contribution in [-0.4, -0.2) is 5.78 Å². The Morgan fingerprint density at radius 2 is 1.67 bits per heavy atom. The van der Waals surface area contributed by atoms with Crippen LogP contribution in [0.2, 0.25) is 0 Å². The van der Waals surface area contributed by atoms with Gasteiger partial charge in [0, 0.05) is 0 Å². The minimum absolute atomic E-state index is 0.00900. The highest BCUT2D eigenvalue weighted by Crippen LogP contribution is 2.35. The standard InChI is InChI=1S/C15H8F4O2/c16-8-1-2-13-9(5-8)12(20)6-14(21-13)7-3-10(17)15(19)11(18)4-7/h1-5,14H,6H2. The maximum absolute atomic E-state index is 13.2. The molecule has 3 rings (SSSR count). The molecule has 0 amide bonds. The van der Waals surface area contributed by atoms with E-state index in [1.54, 1.807) is 0 Å². The van der Waals surface area contributed by atoms with Gasteiger partial charge in [-0.25, -0.2) is 17.6 Å². The van der Waals surface area contributed by atoms with Crippen molar-refractivity contribution in [1.82, 2.24) is 0 Å². The number of benzene rings is 2. The summed E-state index contributed by atoms with van der Waals surface area (Å²) in [6.45, 7) is 0. The van der Waals surface area contributed by atoms with E-state index in [-0.39, 0.29) is 23.3 Å². The van der Waals surface area contributed by atoms with E-state index in [0.717, 1.165) is 24.3 Å². The molecule has 2 aromatic carbocycles. The number of halogens is 4. The molecule has 0 bridgehead atoms. The predicted octanol–water partition coefficient (Wildman–Crippen LogP) is 3.95. The van der Waals surface area contributed by atoms with E-state index in [9.17, 15) is 22.4 Å². The largest absolute Gasteiger partial charge is 0.484 e. The van der Waals surface area contributed by atoms with Gasteiger partial charge < -0.3 is 4.74 Å². The molecular formula is C15H8F4O2. The molecule has 1 aliphatic heterocycles. The van der Waals surface area contributed by atoms with Gasteiger partial charge in [-0.2, -0.15) is 0 Å². The van der Waals surface area contributed by atoms with Crippen LogP contribution in [0.3, 0.4) is 0 Å². The summed E-state index contributed by atoms with van der Waals surface area (Å²) in [7, 11) is 0. The lowest BCUT2D eigenvalue weighted by Gasteiger charge is -2.25. The maximum atomic E-state index is 13.2. The summed E-state index contributed by atoms with van der Waals surface area (Å²) in [5, 5.41) is 0. The molecule has 108 valence electrons. The van der Waals surface area contributed by atoms with Crippen molar-refractivity contribution in [2.24, 2.45) is 0 Å². The van der Waals surface area contributed by atoms with Crippen LogP contribution in [0.15, 0.2) is 30.3 Å². The Labute approximate surface area is 117 Å². The normalized spacial score (nSPS) is 17.3. The molecule has 2 aromatic rings. The van der Waals surface area contributed by atoms with Gasteiger partial charge in [0.15, 0.2) is 23.2 Å². The van der Waals surface area contributed by atoms with E-state index < -0.39 is 35.2 Å². The number of ketones is 1. The third-order valence-electron chi connectivity index (χ3n) is 3.26. The second-order valence-corrected chi connectivity index (χ2v) is 4.67. The first-order chi connectivity index (χ1) is 9.95. The third kappa shape index (κ3) is 2.37. The summed E-state index contributed by atoms with van der Waals surface area (Å²) in [6, 6.07) is 4.99. The Balaban J connectivity index is 2.00. The second-order valence-electron chi connectivity index (χ2n) is 4.67. The Morgan fingerprint density at radius 3 is 2.33 bits per heavy atom. The van der Waals surface area contributed by atoms with E-state index in [4.69, 9.17) is 4.74 Å². The zero-order valence-corrected chi connectivity index (χ0v) is 10.5. The van der Waals surface area contributed by atoms with Crippen molar-refractivity contribution in [1.29, 1.82) is 0 Å². The third-order valence-corrected chi connectivity index (χ3v) is 3.26. The quantitative estimate of drug-likeness (QED) is 0.588. The summed E-state index contributed by atoms with van der Waals surface area (Å²) in [4.78, 5) is 12.0. The Hall–Kier alpha value is -2.37. The van der Waals surface area contributed by atoms with Crippen LogP contribution in [0, 0.1) is 23.3 Å². The number of ether oxygens (including phenoxy) is 1. The fraction of sp³-hybridized carbons (Fsp3) is 0.133. The molecule has 1 atom stereocenters. The topological polar surface area (TPSA) is 26.3 Å². The molecule has 0 fully saturated rings. The first-order valence-electron chi connectivity index (χ1n) is 6.09. The number of carbonyl (C=O) groups is 1. The number of Topliss-reactive ketones (excluding diaryl/α,β-unsaturated/α-hetero) is 1. The number of hydrogen-bond donors (Lipinski definition) is 0. The molecule has 21 heavy (non-hydrogen) atoms. The van der Waals surface area contributed by atoms with Gasteiger partial charge in [0.25, 0.3) is 0 Å². The van der Waals surface area contributed by atoms with Gasteiger partial charge >= 0.3 is 0 Å². The van der Waals surface area contributed by atoms with Crippen molar-refractivity contribution in [2.75, 3.05) is 0 Å². The fourth-order valence-electron chi connectivity index (χ4n) is 2.24. The van der Waals surface area contributed by atoms with Gasteiger partial charge in [0.05, 0.1) is 12.0 Å². The van der Waals surface area contributed by atoms with Crippen molar-refractivity contribution >= 4 is 5.78 Å². The minimum Gasteiger partial charge on any atom is -0.484 e. The molecule has 1 unspecified atom stereocenters. The molecule has 1 aliphatic rings. The average molecular weight is 296 g/mol. The van der Waals surface area contributed by atoms with Gasteiger partial charge in [-0.05, 0) is 35.9 Å². The first-order valence-corrected chi connectivity index (χ1v) is 6.09. The summed E-state index contributed by atoms with van der Waals surface area (Å²) in [6.07, 6.45) is -1.15. The SMILES string of the molecule is O=C1CC(c2cc(F)c(F)c(F)c2)Oc2ccc(F)cc21. The first kappa shape index (κ1) is 13.6. The highest BCUT2D eigenvalue weighted by atomic mass is 19.2. The summed E-state index contributed by atoms with van der Waals surface area (Å²) in [5.74, 6) is -5.16. The van der Waals surface area contributed by atoms with E-state index >= 15 is 0 Å². The Morgan fingerprint density at radius 1 is 1.00 bits per heavy atom. The molecule has 0 radical (unpaired) electrons. The molecule has 1 heterocycles. The average Bonchev–Trinajstić information content (AvgIpc) is 2.44. The smallest absolute Gasteiger partial charge is 0.194 e. The lowest BCUT2D eigenvalue weighted by molar-refractivity contribution is 0.0848. The lowest BCUT2D eigenvalue weighted by atomic mass is 9.96. The minimum atomic E-state index is -1.58. The van der Waals surface area contributed by atoms with Crippen molar-refractivity contribution in [3.8, 4) is 5.75 Å². The molecule has 0 N–H and O–H groups in total. The monoisotopic (exact) mass is 296 g/mol. The van der Waals surface area contributed by atoms with E-state index in [2.05, 4.69) is 0 Å². The van der Waals surface area contributed by atoms with Crippen molar-refractivity contribution in [3.63, 3.8) is 0 Å². The molecule has 0 aromatic heterocycles. The van der Waals surface area contributed by atoms with Crippen LogP contribution >= 0.6 is 0 Å². The van der Waals surface area contributed by atoms with Gasteiger partial charge in [0.1, 0.15) is 17.7 Å². The summed E-state index contributed by atoms with van der Waals surface area (Å²) in [5.41, 5.74) is 0.0871. The van der Waals surface area contributed by atoms with E-state index in [1.165, 1.54) is 6.07 Å². The van der Waals surface area contributed by atoms with Gasteiger partial charge in [-0.1, -0.05) is 0 Å². The predicted molar refractivity (Wildman–Crippen MR) is 65.0 cm³/mol. The fourth-order valence-corrected chi connectivity index (χ4v) is 2.24. The molecule has 0 saturated carbocycles. The van der Waals surface area contributed by atoms with E-state index in [1.807, 2.05) is 0 Å². The Bertz CT molecular complexity index is 719. The highest BCUT2D eigenvalue weighted by Gasteiger charge is 2.29. The van der Waals surface area contributed by atoms with Crippen molar-refractivity contribution in [2.45, 2.75) is 12.5 Å². The molecule has 0 saturated heterocycles. The highest BCUT2D eigenvalue weighted by molar-refractivity contribution is 6.00. The van der Waals surface area contributed by atoms with Crippen molar-refractivity contribution < 1.29 is 27.1 Å². The van der Waals surface area contributed by atoms with E-state index in [0.29, 0.717) is 0 Å². The van der Waals surface area contributed by atoms with Crippen LogP contribution in [0.5, 0.6) is 5.75 Å². The molecular weight excluding hydrogens is 288 g/mol. The number of carbonyl (C=O) groups excluding carboxylic acids is 1. The second kappa shape index (κ2) is 4.87. The van der Waals surface area contributed by atoms with Gasteiger partial charge in [0.2, 0.25) is 0 Å². The molecule has 6 heteroatoms. The molecule has 2 nitrogen and oxygen atoms in total. The van der Waals surface area contributed by atoms with Crippen molar-refractivity contribution in [3.05, 3.63) is 64.7 Å². The lowest BCUT2D eigenvalue weighted by Crippen LogP contribution is -2.21. The molecule has 0 aliphatic carbocycles.